The summed E-state index contributed by atoms with van der Waals surface area (Å²) in [6, 6.07) is 0. The minimum Gasteiger partial charge on any atom is -0.462 e. The highest BCUT2D eigenvalue weighted by Gasteiger charge is 2.19. The number of carbonyl (C=O) groups is 3. The maximum absolute atomic E-state index is 12.7. The molecular weight excluding hydrogens is 769 g/mol. The van der Waals surface area contributed by atoms with Gasteiger partial charge in [0, 0.05) is 19.3 Å². The summed E-state index contributed by atoms with van der Waals surface area (Å²) in [5, 5.41) is 0. The molecule has 6 heteroatoms. The molecule has 0 radical (unpaired) electrons. The molecule has 0 aromatic heterocycles. The average Bonchev–Trinajstić information content (AvgIpc) is 3.27. The van der Waals surface area contributed by atoms with Crippen LogP contribution in [0.3, 0.4) is 0 Å². The van der Waals surface area contributed by atoms with Gasteiger partial charge in [-0.1, -0.05) is 239 Å². The van der Waals surface area contributed by atoms with Crippen LogP contribution in [-0.2, 0) is 28.6 Å². The van der Waals surface area contributed by atoms with Gasteiger partial charge in [-0.05, 0) is 57.8 Å². The molecule has 0 saturated heterocycles. The van der Waals surface area contributed by atoms with Crippen molar-refractivity contribution in [1.29, 1.82) is 0 Å². The fourth-order valence-electron chi connectivity index (χ4n) is 6.48. The first-order valence-electron chi connectivity index (χ1n) is 25.0. The van der Waals surface area contributed by atoms with Crippen molar-refractivity contribution >= 4 is 17.9 Å². The highest BCUT2D eigenvalue weighted by molar-refractivity contribution is 5.71. The predicted molar refractivity (Wildman–Crippen MR) is 265 cm³/mol. The van der Waals surface area contributed by atoms with Crippen LogP contribution < -0.4 is 0 Å². The van der Waals surface area contributed by atoms with Crippen molar-refractivity contribution in [2.24, 2.45) is 0 Å². The molecule has 0 saturated carbocycles. The van der Waals surface area contributed by atoms with E-state index in [4.69, 9.17) is 14.2 Å². The molecule has 0 aromatic carbocycles. The number of carbonyl (C=O) groups excluding carboxylic acids is 3. The summed E-state index contributed by atoms with van der Waals surface area (Å²) in [5.41, 5.74) is 0. The Labute approximate surface area is 380 Å². The average molecular weight is 859 g/mol. The standard InChI is InChI=1S/C56H90O6/c1-4-7-10-13-16-19-22-25-26-27-28-29-32-34-37-40-43-46-49-55(58)61-52-53(62-56(59)50-47-44-41-38-35-31-24-21-18-15-12-9-6-3)51-60-54(57)48-45-42-39-36-33-30-23-20-17-14-11-8-5-2/h9,12,15-16,18-19,21-22,24-29,31,35,38,41,53H,4-8,10-11,13-14,17,20,23,30,32-34,36-37,39-40,42-52H2,1-3H3/b12-9-,18-15-,19-16-,24-21-,25-22-,27-26-,29-28-,35-31-,41-38-. The zero-order valence-electron chi connectivity index (χ0n) is 39.8. The Morgan fingerprint density at radius 2 is 0.645 bits per heavy atom. The predicted octanol–water partition coefficient (Wildman–Crippen LogP) is 16.4. The molecule has 0 rings (SSSR count). The number of rotatable bonds is 43. The lowest BCUT2D eigenvalue weighted by atomic mass is 10.0. The molecule has 0 aliphatic rings. The number of ether oxygens (including phenoxy) is 3. The van der Waals surface area contributed by atoms with E-state index >= 15 is 0 Å². The number of esters is 3. The Bertz CT molecular complexity index is 1310. The Balaban J connectivity index is 4.53. The molecule has 0 N–H and O–H groups in total. The number of hydrogen-bond donors (Lipinski definition) is 0. The van der Waals surface area contributed by atoms with Gasteiger partial charge in [0.15, 0.2) is 6.10 Å². The molecule has 0 amide bonds. The maximum Gasteiger partial charge on any atom is 0.306 e. The van der Waals surface area contributed by atoms with Crippen molar-refractivity contribution in [1.82, 2.24) is 0 Å². The van der Waals surface area contributed by atoms with Crippen molar-refractivity contribution in [2.75, 3.05) is 13.2 Å². The minimum absolute atomic E-state index is 0.115. The van der Waals surface area contributed by atoms with E-state index in [9.17, 15) is 14.4 Å². The lowest BCUT2D eigenvalue weighted by molar-refractivity contribution is -0.167. The molecule has 0 heterocycles. The van der Waals surface area contributed by atoms with Crippen molar-refractivity contribution in [2.45, 2.75) is 213 Å². The van der Waals surface area contributed by atoms with Gasteiger partial charge in [-0.15, -0.1) is 0 Å². The van der Waals surface area contributed by atoms with Crippen molar-refractivity contribution in [3.63, 3.8) is 0 Å². The third-order valence-electron chi connectivity index (χ3n) is 10.2. The molecule has 6 nitrogen and oxygen atoms in total. The second-order valence-electron chi connectivity index (χ2n) is 16.2. The molecule has 0 aromatic rings. The van der Waals surface area contributed by atoms with Gasteiger partial charge in [0.2, 0.25) is 0 Å². The van der Waals surface area contributed by atoms with Gasteiger partial charge >= 0.3 is 17.9 Å². The summed E-state index contributed by atoms with van der Waals surface area (Å²) in [4.78, 5) is 37.9. The van der Waals surface area contributed by atoms with Crippen LogP contribution in [0, 0.1) is 0 Å². The number of hydrogen-bond acceptors (Lipinski definition) is 6. The van der Waals surface area contributed by atoms with Crippen LogP contribution in [0.1, 0.15) is 207 Å². The third kappa shape index (κ3) is 47.1. The summed E-state index contributed by atoms with van der Waals surface area (Å²) >= 11 is 0. The van der Waals surface area contributed by atoms with Crippen LogP contribution in [0.15, 0.2) is 109 Å². The lowest BCUT2D eigenvalue weighted by Crippen LogP contribution is -2.30. The summed E-state index contributed by atoms with van der Waals surface area (Å²) in [7, 11) is 0. The maximum atomic E-state index is 12.7. The van der Waals surface area contributed by atoms with Crippen molar-refractivity contribution < 1.29 is 28.6 Å². The molecule has 0 fully saturated rings. The monoisotopic (exact) mass is 859 g/mol. The van der Waals surface area contributed by atoms with E-state index < -0.39 is 12.1 Å². The van der Waals surface area contributed by atoms with Crippen molar-refractivity contribution in [3.05, 3.63) is 109 Å². The van der Waals surface area contributed by atoms with E-state index in [2.05, 4.69) is 75.5 Å². The van der Waals surface area contributed by atoms with Crippen LogP contribution in [0.4, 0.5) is 0 Å². The molecule has 0 spiro atoms. The van der Waals surface area contributed by atoms with E-state index in [1.165, 1.54) is 83.5 Å². The van der Waals surface area contributed by atoms with E-state index in [0.29, 0.717) is 19.3 Å². The van der Waals surface area contributed by atoms with Gasteiger partial charge in [0.05, 0.1) is 0 Å². The first kappa shape index (κ1) is 58.1. The minimum atomic E-state index is -0.824. The SMILES string of the molecule is CC\C=C/C=C\C=C/C=C\C=C/CCCC(=O)OC(COC(=O)CCCCCCC\C=C/C=C\C=C/C=C\CCCCC)COC(=O)CCCCCCCCCCCCCCC. The van der Waals surface area contributed by atoms with Crippen LogP contribution in [0.5, 0.6) is 0 Å². The van der Waals surface area contributed by atoms with Crippen LogP contribution >= 0.6 is 0 Å². The van der Waals surface area contributed by atoms with Crippen LogP contribution in [0.25, 0.3) is 0 Å². The van der Waals surface area contributed by atoms with Gasteiger partial charge in [-0.3, -0.25) is 14.4 Å². The van der Waals surface area contributed by atoms with Crippen molar-refractivity contribution in [3.8, 4) is 0 Å². The molecule has 0 aliphatic heterocycles. The highest BCUT2D eigenvalue weighted by Crippen LogP contribution is 2.14. The largest absolute Gasteiger partial charge is 0.462 e. The van der Waals surface area contributed by atoms with Gasteiger partial charge in [-0.2, -0.15) is 0 Å². The second-order valence-corrected chi connectivity index (χ2v) is 16.2. The number of unbranched alkanes of at least 4 members (excludes halogenated alkanes) is 21. The molecule has 1 atom stereocenters. The van der Waals surface area contributed by atoms with E-state index in [1.54, 1.807) is 0 Å². The Morgan fingerprint density at radius 1 is 0.339 bits per heavy atom. The van der Waals surface area contributed by atoms with Gasteiger partial charge in [0.25, 0.3) is 0 Å². The third-order valence-corrected chi connectivity index (χ3v) is 10.2. The quantitative estimate of drug-likeness (QED) is 0.0263. The van der Waals surface area contributed by atoms with Crippen LogP contribution in [-0.4, -0.2) is 37.2 Å². The fourth-order valence-corrected chi connectivity index (χ4v) is 6.48. The summed E-state index contributed by atoms with van der Waals surface area (Å²) < 4.78 is 16.7. The molecule has 0 bridgehead atoms. The van der Waals surface area contributed by atoms with Crippen LogP contribution in [0.2, 0.25) is 0 Å². The normalized spacial score (nSPS) is 13.0. The summed E-state index contributed by atoms with van der Waals surface area (Å²) in [6.45, 7) is 6.36. The smallest absolute Gasteiger partial charge is 0.306 e. The fraction of sp³-hybridized carbons (Fsp3) is 0.625. The number of allylic oxidation sites excluding steroid dienone is 18. The molecule has 62 heavy (non-hydrogen) atoms. The zero-order valence-corrected chi connectivity index (χ0v) is 39.8. The van der Waals surface area contributed by atoms with E-state index in [1.807, 2.05) is 54.7 Å². The van der Waals surface area contributed by atoms with Gasteiger partial charge in [0.1, 0.15) is 13.2 Å². The Kier molecular flexibility index (Phi) is 46.6. The molecule has 350 valence electrons. The van der Waals surface area contributed by atoms with E-state index in [-0.39, 0.29) is 31.6 Å². The van der Waals surface area contributed by atoms with E-state index in [0.717, 1.165) is 77.0 Å². The topological polar surface area (TPSA) is 78.9 Å². The Morgan fingerprint density at radius 3 is 1.06 bits per heavy atom. The summed E-state index contributed by atoms with van der Waals surface area (Å²) in [5.74, 6) is -1.02. The molecule has 0 aliphatic carbocycles. The molecular formula is C56H90O6. The first-order valence-corrected chi connectivity index (χ1v) is 25.0. The highest BCUT2D eigenvalue weighted by atomic mass is 16.6. The zero-order chi connectivity index (χ0) is 45.1. The van der Waals surface area contributed by atoms with Gasteiger partial charge < -0.3 is 14.2 Å². The lowest BCUT2D eigenvalue weighted by Gasteiger charge is -2.18. The van der Waals surface area contributed by atoms with Gasteiger partial charge in [-0.25, -0.2) is 0 Å². The summed E-state index contributed by atoms with van der Waals surface area (Å²) in [6.07, 6.45) is 66.4. The molecule has 1 unspecified atom stereocenters. The first-order chi connectivity index (χ1) is 30.5. The Hall–Kier alpha value is -3.93. The second kappa shape index (κ2) is 49.7.